The molecule has 4 heteroatoms. The van der Waals surface area contributed by atoms with Crippen LogP contribution in [0.5, 0.6) is 0 Å². The summed E-state index contributed by atoms with van der Waals surface area (Å²) in [5.41, 5.74) is 8.29. The summed E-state index contributed by atoms with van der Waals surface area (Å²) in [5.74, 6) is -0.666. The number of nitrogens with two attached hydrogens (primary N) is 1. The van der Waals surface area contributed by atoms with Crippen LogP contribution in [-0.2, 0) is 0 Å². The molecule has 2 atom stereocenters. The van der Waals surface area contributed by atoms with Crippen LogP contribution >= 0.6 is 15.9 Å². The molecule has 0 aliphatic heterocycles. The molecule has 0 saturated heterocycles. The van der Waals surface area contributed by atoms with Gasteiger partial charge >= 0.3 is 0 Å². The standard InChI is InChI=1S/C16H17BrFNO/c1-10-4-2-7-13(15(10)17)16(20)14(9-19)11-5-3-6-12(18)8-11/h2-8,14,16,20H,9,19H2,1H3. The Kier molecular flexibility index (Phi) is 4.91. The molecule has 0 radical (unpaired) electrons. The van der Waals surface area contributed by atoms with Gasteiger partial charge in [0.15, 0.2) is 0 Å². The summed E-state index contributed by atoms with van der Waals surface area (Å²) in [5, 5.41) is 10.6. The number of aryl methyl sites for hydroxylation is 1. The van der Waals surface area contributed by atoms with Crippen molar-refractivity contribution in [2.75, 3.05) is 6.54 Å². The summed E-state index contributed by atoms with van der Waals surface area (Å²) >= 11 is 3.49. The number of hydrogen-bond donors (Lipinski definition) is 2. The normalized spacial score (nSPS) is 14.1. The van der Waals surface area contributed by atoms with E-state index in [1.807, 2.05) is 25.1 Å². The van der Waals surface area contributed by atoms with Crippen LogP contribution in [0.4, 0.5) is 4.39 Å². The van der Waals surface area contributed by atoms with Crippen molar-refractivity contribution in [3.05, 3.63) is 69.4 Å². The molecular formula is C16H17BrFNO. The summed E-state index contributed by atoms with van der Waals surface area (Å²) in [7, 11) is 0. The number of aliphatic hydroxyl groups excluding tert-OH is 1. The van der Waals surface area contributed by atoms with E-state index >= 15 is 0 Å². The van der Waals surface area contributed by atoms with E-state index in [9.17, 15) is 9.50 Å². The van der Waals surface area contributed by atoms with Gasteiger partial charge in [0.25, 0.3) is 0 Å². The average molecular weight is 338 g/mol. The Morgan fingerprint density at radius 1 is 1.25 bits per heavy atom. The lowest BCUT2D eigenvalue weighted by atomic mass is 9.88. The quantitative estimate of drug-likeness (QED) is 0.893. The van der Waals surface area contributed by atoms with E-state index in [0.29, 0.717) is 5.56 Å². The van der Waals surface area contributed by atoms with Gasteiger partial charge < -0.3 is 10.8 Å². The van der Waals surface area contributed by atoms with Crippen molar-refractivity contribution in [1.82, 2.24) is 0 Å². The minimum absolute atomic E-state index is 0.241. The van der Waals surface area contributed by atoms with Crippen LogP contribution in [0.3, 0.4) is 0 Å². The first-order chi connectivity index (χ1) is 9.54. The molecule has 3 N–H and O–H groups in total. The predicted molar refractivity (Wildman–Crippen MR) is 82.0 cm³/mol. The van der Waals surface area contributed by atoms with Crippen LogP contribution in [0.1, 0.15) is 28.7 Å². The van der Waals surface area contributed by atoms with E-state index in [0.717, 1.165) is 15.6 Å². The summed E-state index contributed by atoms with van der Waals surface area (Å²) in [4.78, 5) is 0. The topological polar surface area (TPSA) is 46.2 Å². The molecule has 0 aromatic heterocycles. The highest BCUT2D eigenvalue weighted by molar-refractivity contribution is 9.10. The second kappa shape index (κ2) is 6.48. The lowest BCUT2D eigenvalue weighted by Crippen LogP contribution is -2.20. The third kappa shape index (κ3) is 3.08. The van der Waals surface area contributed by atoms with E-state index < -0.39 is 6.10 Å². The van der Waals surface area contributed by atoms with Gasteiger partial charge in [-0.15, -0.1) is 0 Å². The van der Waals surface area contributed by atoms with Crippen molar-refractivity contribution in [2.24, 2.45) is 5.73 Å². The van der Waals surface area contributed by atoms with Crippen molar-refractivity contribution in [1.29, 1.82) is 0 Å². The predicted octanol–water partition coefficient (Wildman–Crippen LogP) is 3.67. The van der Waals surface area contributed by atoms with Crippen LogP contribution in [0.25, 0.3) is 0 Å². The van der Waals surface area contributed by atoms with Gasteiger partial charge in [-0.05, 0) is 35.7 Å². The molecule has 0 spiro atoms. The maximum atomic E-state index is 13.3. The summed E-state index contributed by atoms with van der Waals surface area (Å²) < 4.78 is 14.2. The fourth-order valence-corrected chi connectivity index (χ4v) is 2.80. The van der Waals surface area contributed by atoms with E-state index in [2.05, 4.69) is 15.9 Å². The van der Waals surface area contributed by atoms with Crippen molar-refractivity contribution in [3.63, 3.8) is 0 Å². The Morgan fingerprint density at radius 2 is 1.95 bits per heavy atom. The average Bonchev–Trinajstić information content (AvgIpc) is 2.42. The molecule has 0 amide bonds. The van der Waals surface area contributed by atoms with Crippen LogP contribution in [0, 0.1) is 12.7 Å². The van der Waals surface area contributed by atoms with Gasteiger partial charge in [-0.1, -0.05) is 46.3 Å². The number of rotatable bonds is 4. The van der Waals surface area contributed by atoms with Gasteiger partial charge in [0.05, 0.1) is 6.10 Å². The van der Waals surface area contributed by atoms with Crippen LogP contribution < -0.4 is 5.73 Å². The Balaban J connectivity index is 2.39. The van der Waals surface area contributed by atoms with Crippen molar-refractivity contribution >= 4 is 15.9 Å². The van der Waals surface area contributed by atoms with Gasteiger partial charge in [0.2, 0.25) is 0 Å². The lowest BCUT2D eigenvalue weighted by molar-refractivity contribution is 0.146. The zero-order valence-electron chi connectivity index (χ0n) is 11.2. The highest BCUT2D eigenvalue weighted by atomic mass is 79.9. The summed E-state index contributed by atoms with van der Waals surface area (Å²) in [6.07, 6.45) is -0.781. The first kappa shape index (κ1) is 15.2. The molecule has 0 saturated carbocycles. The number of benzene rings is 2. The lowest BCUT2D eigenvalue weighted by Gasteiger charge is -2.24. The maximum Gasteiger partial charge on any atom is 0.123 e. The van der Waals surface area contributed by atoms with Crippen molar-refractivity contribution < 1.29 is 9.50 Å². The molecule has 2 unspecified atom stereocenters. The molecule has 0 heterocycles. The molecule has 106 valence electrons. The largest absolute Gasteiger partial charge is 0.388 e. The highest BCUT2D eigenvalue weighted by Crippen LogP contribution is 2.35. The van der Waals surface area contributed by atoms with E-state index in [4.69, 9.17) is 5.73 Å². The Morgan fingerprint density at radius 3 is 2.60 bits per heavy atom. The highest BCUT2D eigenvalue weighted by Gasteiger charge is 2.24. The SMILES string of the molecule is Cc1cccc(C(O)C(CN)c2cccc(F)c2)c1Br. The fraction of sp³-hybridized carbons (Fsp3) is 0.250. The zero-order valence-corrected chi connectivity index (χ0v) is 12.8. The number of hydrogen-bond acceptors (Lipinski definition) is 2. The maximum absolute atomic E-state index is 13.3. The fourth-order valence-electron chi connectivity index (χ4n) is 2.30. The summed E-state index contributed by atoms with van der Waals surface area (Å²) in [6, 6.07) is 11.9. The second-order valence-corrected chi connectivity index (χ2v) is 5.61. The Hall–Kier alpha value is -1.23. The van der Waals surface area contributed by atoms with E-state index in [-0.39, 0.29) is 18.3 Å². The van der Waals surface area contributed by atoms with Gasteiger partial charge in [-0.25, -0.2) is 4.39 Å². The molecule has 0 bridgehead atoms. The Bertz CT molecular complexity index is 603. The minimum Gasteiger partial charge on any atom is -0.388 e. The molecule has 20 heavy (non-hydrogen) atoms. The van der Waals surface area contributed by atoms with E-state index in [1.165, 1.54) is 12.1 Å². The van der Waals surface area contributed by atoms with Gasteiger partial charge in [0.1, 0.15) is 5.82 Å². The molecule has 2 nitrogen and oxygen atoms in total. The van der Waals surface area contributed by atoms with Gasteiger partial charge in [-0.3, -0.25) is 0 Å². The molecular weight excluding hydrogens is 321 g/mol. The summed E-state index contributed by atoms with van der Waals surface area (Å²) in [6.45, 7) is 2.20. The Labute approximate surface area is 126 Å². The third-order valence-corrected chi connectivity index (χ3v) is 4.54. The molecule has 0 aliphatic carbocycles. The third-order valence-electron chi connectivity index (χ3n) is 3.45. The second-order valence-electron chi connectivity index (χ2n) is 4.82. The van der Waals surface area contributed by atoms with Gasteiger partial charge in [-0.2, -0.15) is 0 Å². The van der Waals surface area contributed by atoms with Gasteiger partial charge in [0, 0.05) is 16.9 Å². The number of halogens is 2. The first-order valence-corrected chi connectivity index (χ1v) is 7.22. The zero-order chi connectivity index (χ0) is 14.7. The molecule has 2 rings (SSSR count). The van der Waals surface area contributed by atoms with E-state index in [1.54, 1.807) is 12.1 Å². The molecule has 0 fully saturated rings. The molecule has 2 aromatic carbocycles. The molecule has 0 aliphatic rings. The first-order valence-electron chi connectivity index (χ1n) is 6.43. The van der Waals surface area contributed by atoms with Crippen LogP contribution in [-0.4, -0.2) is 11.7 Å². The monoisotopic (exact) mass is 337 g/mol. The minimum atomic E-state index is -0.781. The van der Waals surface area contributed by atoms with Crippen LogP contribution in [0.15, 0.2) is 46.9 Å². The van der Waals surface area contributed by atoms with Crippen LogP contribution in [0.2, 0.25) is 0 Å². The molecule has 2 aromatic rings. The smallest absolute Gasteiger partial charge is 0.123 e. The number of aliphatic hydroxyl groups is 1. The van der Waals surface area contributed by atoms with Crippen molar-refractivity contribution in [2.45, 2.75) is 18.9 Å². The van der Waals surface area contributed by atoms with Crippen molar-refractivity contribution in [3.8, 4) is 0 Å².